The number of benzene rings is 1. The van der Waals surface area contributed by atoms with Gasteiger partial charge in [0.25, 0.3) is 0 Å². The number of carbonyl (C=O) groups excluding carboxylic acids is 5. The van der Waals surface area contributed by atoms with Gasteiger partial charge < -0.3 is 34.5 Å². The molecule has 1 aromatic carbocycles. The molecule has 3 amide bonds. The summed E-state index contributed by atoms with van der Waals surface area (Å²) < 4.78 is 61.2. The number of ether oxygens (including phenoxy) is 4. The minimum absolute atomic E-state index is 0.0249. The molecule has 4 heterocycles. The van der Waals surface area contributed by atoms with Crippen LogP contribution >= 0.6 is 0 Å². The summed E-state index contributed by atoms with van der Waals surface area (Å²) in [5, 5.41) is 5.69. The Kier molecular flexibility index (Phi) is 11.0. The van der Waals surface area contributed by atoms with Crippen molar-refractivity contribution in [1.82, 2.24) is 20.5 Å². The molecule has 13 nitrogen and oxygen atoms in total. The molecule has 0 bridgehead atoms. The number of alkyl halides is 3. The van der Waals surface area contributed by atoms with Gasteiger partial charge in [0.05, 0.1) is 42.3 Å². The topological polar surface area (TPSA) is 162 Å². The minimum atomic E-state index is -4.59. The first-order valence-electron chi connectivity index (χ1n) is 18.7. The summed E-state index contributed by atoms with van der Waals surface area (Å²) >= 11 is 0. The van der Waals surface area contributed by atoms with E-state index in [-0.39, 0.29) is 54.9 Å². The third-order valence-electron chi connectivity index (χ3n) is 10.0. The lowest BCUT2D eigenvalue weighted by molar-refractivity contribution is -0.153. The number of halogens is 3. The highest BCUT2D eigenvalue weighted by Gasteiger charge is 2.58. The van der Waals surface area contributed by atoms with E-state index in [1.54, 1.807) is 40.7 Å². The van der Waals surface area contributed by atoms with Gasteiger partial charge in [-0.1, -0.05) is 36.8 Å². The molecule has 3 aliphatic heterocycles. The van der Waals surface area contributed by atoms with E-state index in [0.29, 0.717) is 30.5 Å². The standard InChI is InChI=1S/C40H45F3N4O9/c1-6-53-35(51)39-17-16-24(39)12-10-8-7-9-11-13-28(45-36(52)56-37(3,4)5)34(50)47-21-38(19-29(47)33(49)46-39)20-30(48)31-26-18-25(54-22-40(41,42)43)14-15-27(26)44-23(2)32(31)55-38/h10,12,14-15,18,24,28-29H,6-9,11,13,19-22H2,1-5H3,(H,45,52)(H,46,49). The number of pyridine rings is 1. The van der Waals surface area contributed by atoms with Crippen molar-refractivity contribution in [2.45, 2.75) is 115 Å². The van der Waals surface area contributed by atoms with E-state index in [9.17, 15) is 37.1 Å². The van der Waals surface area contributed by atoms with Crippen LogP contribution in [-0.2, 0) is 23.9 Å². The van der Waals surface area contributed by atoms with Gasteiger partial charge in [0.2, 0.25) is 17.4 Å². The molecule has 1 aromatic heterocycles. The molecule has 16 heteroatoms. The summed E-state index contributed by atoms with van der Waals surface area (Å²) in [5.41, 5.74) is -3.37. The summed E-state index contributed by atoms with van der Waals surface area (Å²) in [4.78, 5) is 75.7. The van der Waals surface area contributed by atoms with E-state index in [1.807, 2.05) is 6.08 Å². The third-order valence-corrected chi connectivity index (χ3v) is 10.0. The number of amides is 3. The second-order valence-corrected chi connectivity index (χ2v) is 15.6. The Hall–Kier alpha value is -5.33. The van der Waals surface area contributed by atoms with Gasteiger partial charge in [-0.2, -0.15) is 13.2 Å². The van der Waals surface area contributed by atoms with Gasteiger partial charge in [0.1, 0.15) is 29.0 Å². The van der Waals surface area contributed by atoms with Crippen LogP contribution in [0.2, 0.25) is 0 Å². The van der Waals surface area contributed by atoms with Crippen LogP contribution in [0.5, 0.6) is 11.5 Å². The first-order valence-corrected chi connectivity index (χ1v) is 18.7. The monoisotopic (exact) mass is 782 g/mol. The number of rotatable bonds is 5. The van der Waals surface area contributed by atoms with Crippen LogP contribution in [0.1, 0.15) is 88.7 Å². The number of carbonyl (C=O) groups is 5. The van der Waals surface area contributed by atoms with Crippen molar-refractivity contribution >= 4 is 40.6 Å². The minimum Gasteiger partial charge on any atom is -0.484 e. The van der Waals surface area contributed by atoms with Gasteiger partial charge >= 0.3 is 18.2 Å². The number of ketones is 1. The highest BCUT2D eigenvalue weighted by atomic mass is 19.4. The van der Waals surface area contributed by atoms with Gasteiger partial charge in [-0.05, 0) is 72.1 Å². The first kappa shape index (κ1) is 40.3. The number of aromatic nitrogens is 1. The average molecular weight is 783 g/mol. The van der Waals surface area contributed by atoms with Crippen LogP contribution in [-0.4, -0.2) is 94.3 Å². The van der Waals surface area contributed by atoms with Crippen LogP contribution in [0.25, 0.3) is 10.9 Å². The maximum Gasteiger partial charge on any atom is 0.422 e. The number of hydrogen-bond donors (Lipinski definition) is 2. The highest BCUT2D eigenvalue weighted by Crippen LogP contribution is 2.45. The molecule has 56 heavy (non-hydrogen) atoms. The lowest BCUT2D eigenvalue weighted by atomic mass is 9.76. The number of nitrogens with zero attached hydrogens (tertiary/aromatic N) is 2. The molecular weight excluding hydrogens is 737 g/mol. The van der Waals surface area contributed by atoms with E-state index in [0.717, 1.165) is 6.42 Å². The Morgan fingerprint density at radius 2 is 1.91 bits per heavy atom. The van der Waals surface area contributed by atoms with Gasteiger partial charge in [-0.25, -0.2) is 14.6 Å². The zero-order valence-corrected chi connectivity index (χ0v) is 31.9. The maximum absolute atomic E-state index is 14.6. The number of allylic oxidation sites excluding steroid dienone is 1. The molecule has 1 fully saturated rings. The molecule has 2 N–H and O–H groups in total. The predicted octanol–water partition coefficient (Wildman–Crippen LogP) is 5.25. The number of esters is 1. The number of hydrogen-bond acceptors (Lipinski definition) is 10. The molecule has 4 aliphatic rings. The average Bonchev–Trinajstić information content (AvgIpc) is 3.46. The first-order chi connectivity index (χ1) is 26.3. The van der Waals surface area contributed by atoms with Crippen molar-refractivity contribution in [3.05, 3.63) is 41.6 Å². The van der Waals surface area contributed by atoms with Crippen LogP contribution in [0, 0.1) is 24.7 Å². The highest BCUT2D eigenvalue weighted by molar-refractivity contribution is 6.11. The van der Waals surface area contributed by atoms with Crippen molar-refractivity contribution in [2.75, 3.05) is 19.8 Å². The largest absolute Gasteiger partial charge is 0.484 e. The number of aryl methyl sites for hydroxylation is 1. The Morgan fingerprint density at radius 3 is 2.59 bits per heavy atom. The molecule has 0 saturated carbocycles. The quantitative estimate of drug-likeness (QED) is 0.233. The van der Waals surface area contributed by atoms with Crippen molar-refractivity contribution in [1.29, 1.82) is 0 Å². The second-order valence-electron chi connectivity index (χ2n) is 15.6. The normalized spacial score (nSPS) is 26.5. The summed E-state index contributed by atoms with van der Waals surface area (Å²) in [6.45, 7) is 6.51. The molecule has 2 aromatic rings. The zero-order valence-electron chi connectivity index (χ0n) is 31.9. The third kappa shape index (κ3) is 8.41. The molecule has 1 spiro atoms. The van der Waals surface area contributed by atoms with Crippen LogP contribution in [0.15, 0.2) is 30.4 Å². The molecule has 1 saturated heterocycles. The van der Waals surface area contributed by atoms with Crippen LogP contribution < -0.4 is 20.1 Å². The summed E-state index contributed by atoms with van der Waals surface area (Å²) in [5.74, 6) is 2.38. The molecule has 0 radical (unpaired) electrons. The SMILES string of the molecule is CCOC(=O)C12C#CC1C=CCCCCCC(NC(=O)OC(C)(C)C)C(=O)N1CC3(CC(=O)c4c(c(C)nc5ccc(OCC(F)(F)F)cc45)O3)CC1C(=O)N2. The van der Waals surface area contributed by atoms with Crippen molar-refractivity contribution in [3.8, 4) is 23.3 Å². The van der Waals surface area contributed by atoms with Gasteiger partial charge in [-0.15, -0.1) is 0 Å². The predicted molar refractivity (Wildman–Crippen MR) is 195 cm³/mol. The van der Waals surface area contributed by atoms with Crippen molar-refractivity contribution in [3.63, 3.8) is 0 Å². The van der Waals surface area contributed by atoms with Gasteiger partial charge in [-0.3, -0.25) is 14.4 Å². The lowest BCUT2D eigenvalue weighted by Crippen LogP contribution is -2.65. The zero-order chi connectivity index (χ0) is 40.6. The van der Waals surface area contributed by atoms with Crippen molar-refractivity contribution < 1.29 is 56.1 Å². The lowest BCUT2D eigenvalue weighted by Gasteiger charge is -2.37. The van der Waals surface area contributed by atoms with E-state index < -0.39 is 77.2 Å². The summed E-state index contributed by atoms with van der Waals surface area (Å²) in [6, 6.07) is 1.64. The fourth-order valence-corrected chi connectivity index (χ4v) is 7.53. The molecular formula is C40H45F3N4O9. The van der Waals surface area contributed by atoms with Gasteiger partial charge in [0.15, 0.2) is 18.1 Å². The molecule has 5 unspecified atom stereocenters. The van der Waals surface area contributed by atoms with E-state index in [2.05, 4.69) is 27.5 Å². The number of nitrogens with one attached hydrogen (secondary N) is 2. The van der Waals surface area contributed by atoms with Crippen LogP contribution in [0.4, 0.5) is 18.0 Å². The van der Waals surface area contributed by atoms with E-state index in [1.165, 1.54) is 23.1 Å². The number of fused-ring (bicyclic) bond motifs is 5. The maximum atomic E-state index is 14.6. The van der Waals surface area contributed by atoms with E-state index in [4.69, 9.17) is 18.9 Å². The summed E-state index contributed by atoms with van der Waals surface area (Å²) in [7, 11) is 0. The second kappa shape index (κ2) is 15.3. The summed E-state index contributed by atoms with van der Waals surface area (Å²) in [6.07, 6.45) is 0.568. The molecule has 300 valence electrons. The fourth-order valence-electron chi connectivity index (χ4n) is 7.53. The fraction of sp³-hybridized carbons (Fsp3) is 0.550. The van der Waals surface area contributed by atoms with Crippen molar-refractivity contribution in [2.24, 2.45) is 5.92 Å². The number of Topliss-reactive ketones (excluding diaryl/α,β-unsaturated/α-hetero) is 1. The van der Waals surface area contributed by atoms with E-state index >= 15 is 0 Å². The molecule has 6 rings (SSSR count). The molecule has 5 atom stereocenters. The Morgan fingerprint density at radius 1 is 1.14 bits per heavy atom. The van der Waals surface area contributed by atoms with Gasteiger partial charge in [0, 0.05) is 11.8 Å². The smallest absolute Gasteiger partial charge is 0.422 e. The Bertz CT molecular complexity index is 2030. The van der Waals surface area contributed by atoms with Crippen LogP contribution in [0.3, 0.4) is 0 Å². The Balaban J connectivity index is 1.39. The number of alkyl carbamates (subject to hydrolysis) is 1. The Labute approximate surface area is 322 Å². The molecule has 1 aliphatic carbocycles.